The number of benzene rings is 2. The van der Waals surface area contributed by atoms with Crippen LogP contribution < -0.4 is 20.2 Å². The Hall–Kier alpha value is -3.67. The maximum Gasteiger partial charge on any atom is 0.325 e. The van der Waals surface area contributed by atoms with E-state index < -0.39 is 0 Å². The summed E-state index contributed by atoms with van der Waals surface area (Å²) in [4.78, 5) is 14.2. The highest BCUT2D eigenvalue weighted by Gasteiger charge is 2.11. The number of aromatic nitrogens is 2. The number of hydrogen-bond acceptors (Lipinski definition) is 6. The highest BCUT2D eigenvalue weighted by Crippen LogP contribution is 2.30. The van der Waals surface area contributed by atoms with Crippen LogP contribution in [0.5, 0.6) is 17.6 Å². The first-order valence-electron chi connectivity index (χ1n) is 9.77. The van der Waals surface area contributed by atoms with Crippen molar-refractivity contribution in [3.63, 3.8) is 0 Å². The van der Waals surface area contributed by atoms with Crippen LogP contribution in [0.25, 0.3) is 12.3 Å². The van der Waals surface area contributed by atoms with Crippen molar-refractivity contribution in [2.75, 3.05) is 11.9 Å². The van der Waals surface area contributed by atoms with Crippen LogP contribution in [0.4, 0.5) is 11.4 Å². The minimum absolute atomic E-state index is 0.0451. The first kappa shape index (κ1) is 21.0. The van der Waals surface area contributed by atoms with Gasteiger partial charge in [0.2, 0.25) is 5.88 Å². The predicted octanol–water partition coefficient (Wildman–Crippen LogP) is 3.85. The van der Waals surface area contributed by atoms with Crippen LogP contribution in [0, 0.1) is 6.92 Å². The van der Waals surface area contributed by atoms with E-state index in [1.54, 1.807) is 13.0 Å². The molecule has 6 nitrogen and oxygen atoms in total. The molecule has 6 heteroatoms. The molecule has 1 heterocycles. The second-order valence-electron chi connectivity index (χ2n) is 6.86. The maximum absolute atomic E-state index is 10.2. The van der Waals surface area contributed by atoms with Crippen molar-refractivity contribution in [2.45, 2.75) is 27.2 Å². The van der Waals surface area contributed by atoms with E-state index in [0.717, 1.165) is 23.4 Å². The Morgan fingerprint density at radius 3 is 2.50 bits per heavy atom. The minimum Gasteiger partial charge on any atom is -0.493 e. The van der Waals surface area contributed by atoms with Gasteiger partial charge in [-0.2, -0.15) is 9.97 Å². The minimum atomic E-state index is -0.166. The third-order valence-electron chi connectivity index (χ3n) is 4.91. The Bertz CT molecular complexity index is 1170. The molecule has 0 amide bonds. The van der Waals surface area contributed by atoms with E-state index in [-0.39, 0.29) is 11.9 Å². The van der Waals surface area contributed by atoms with Gasteiger partial charge in [0.15, 0.2) is 0 Å². The lowest BCUT2D eigenvalue weighted by atomic mass is 10.1. The quantitative estimate of drug-likeness (QED) is 0.634. The Balaban J connectivity index is 1.88. The van der Waals surface area contributed by atoms with E-state index in [4.69, 9.17) is 4.74 Å². The smallest absolute Gasteiger partial charge is 0.325 e. The Labute approximate surface area is 176 Å². The van der Waals surface area contributed by atoms with Gasteiger partial charge < -0.3 is 14.7 Å². The molecular formula is C24H26N4O2. The summed E-state index contributed by atoms with van der Waals surface area (Å²) >= 11 is 0. The number of aryl methyl sites for hydroxylation is 2. The van der Waals surface area contributed by atoms with Crippen molar-refractivity contribution in [2.24, 2.45) is 4.99 Å². The van der Waals surface area contributed by atoms with Gasteiger partial charge in [-0.15, -0.1) is 0 Å². The maximum atomic E-state index is 10.2. The molecule has 0 spiro atoms. The summed E-state index contributed by atoms with van der Waals surface area (Å²) in [5.41, 5.74) is 4.53. The molecule has 0 radical (unpaired) electrons. The monoisotopic (exact) mass is 402 g/mol. The molecule has 1 aromatic heterocycles. The zero-order chi connectivity index (χ0) is 21.7. The molecule has 0 fully saturated rings. The van der Waals surface area contributed by atoms with E-state index >= 15 is 0 Å². The highest BCUT2D eigenvalue weighted by molar-refractivity contribution is 5.66. The van der Waals surface area contributed by atoms with Gasteiger partial charge in [-0.1, -0.05) is 25.1 Å². The fourth-order valence-corrected chi connectivity index (χ4v) is 3.23. The molecule has 0 saturated heterocycles. The zero-order valence-electron chi connectivity index (χ0n) is 17.8. The Morgan fingerprint density at radius 2 is 1.90 bits per heavy atom. The second kappa shape index (κ2) is 9.22. The van der Waals surface area contributed by atoms with E-state index in [1.807, 2.05) is 32.2 Å². The lowest BCUT2D eigenvalue weighted by Gasteiger charge is -2.22. The van der Waals surface area contributed by atoms with Crippen LogP contribution in [0.1, 0.15) is 25.0 Å². The second-order valence-corrected chi connectivity index (χ2v) is 6.86. The predicted molar refractivity (Wildman–Crippen MR) is 122 cm³/mol. The van der Waals surface area contributed by atoms with Crippen molar-refractivity contribution >= 4 is 30.4 Å². The van der Waals surface area contributed by atoms with Crippen molar-refractivity contribution in [3.8, 4) is 17.6 Å². The van der Waals surface area contributed by atoms with Gasteiger partial charge >= 0.3 is 6.01 Å². The third kappa shape index (κ3) is 4.49. The van der Waals surface area contributed by atoms with Gasteiger partial charge in [0.25, 0.3) is 0 Å². The van der Waals surface area contributed by atoms with Crippen LogP contribution in [0.2, 0.25) is 0 Å². The highest BCUT2D eigenvalue weighted by atomic mass is 16.5. The molecule has 1 N–H and O–H groups in total. The summed E-state index contributed by atoms with van der Waals surface area (Å²) in [5.74, 6) is 0.414. The third-order valence-corrected chi connectivity index (χ3v) is 4.91. The van der Waals surface area contributed by atoms with Crippen LogP contribution in [0.15, 0.2) is 47.5 Å². The van der Waals surface area contributed by atoms with Gasteiger partial charge in [-0.3, -0.25) is 4.99 Å². The first-order valence-corrected chi connectivity index (χ1v) is 9.77. The molecule has 0 bridgehead atoms. The van der Waals surface area contributed by atoms with Crippen LogP contribution >= 0.6 is 0 Å². The van der Waals surface area contributed by atoms with Crippen molar-refractivity contribution in [1.29, 1.82) is 0 Å². The topological polar surface area (TPSA) is 70.8 Å². The normalized spacial score (nSPS) is 12.1. The van der Waals surface area contributed by atoms with Gasteiger partial charge in [-0.25, -0.2) is 0 Å². The average Bonchev–Trinajstić information content (AvgIpc) is 2.74. The van der Waals surface area contributed by atoms with Crippen molar-refractivity contribution in [3.05, 3.63) is 64.2 Å². The molecule has 154 valence electrons. The summed E-state index contributed by atoms with van der Waals surface area (Å²) in [6, 6.07) is 14.3. The molecule has 30 heavy (non-hydrogen) atoms. The molecule has 0 aliphatic carbocycles. The lowest BCUT2D eigenvalue weighted by Crippen LogP contribution is -2.29. The number of rotatable bonds is 6. The van der Waals surface area contributed by atoms with Crippen LogP contribution in [-0.4, -0.2) is 28.8 Å². The van der Waals surface area contributed by atoms with Gasteiger partial charge in [0, 0.05) is 18.4 Å². The summed E-state index contributed by atoms with van der Waals surface area (Å²) < 4.78 is 5.80. The van der Waals surface area contributed by atoms with Gasteiger partial charge in [0.05, 0.1) is 16.8 Å². The van der Waals surface area contributed by atoms with E-state index in [1.165, 1.54) is 11.8 Å². The molecule has 3 rings (SSSR count). The fourth-order valence-electron chi connectivity index (χ4n) is 3.23. The average molecular weight is 402 g/mol. The molecule has 3 aromatic rings. The van der Waals surface area contributed by atoms with E-state index in [9.17, 15) is 5.11 Å². The molecule has 0 aliphatic heterocycles. The number of aromatic hydroxyl groups is 1. The first-order chi connectivity index (χ1) is 14.5. The molecule has 0 unspecified atom stereocenters. The van der Waals surface area contributed by atoms with Crippen molar-refractivity contribution < 1.29 is 9.84 Å². The van der Waals surface area contributed by atoms with Crippen LogP contribution in [0.3, 0.4) is 0 Å². The van der Waals surface area contributed by atoms with Gasteiger partial charge in [-0.05, 0) is 68.4 Å². The van der Waals surface area contributed by atoms with Crippen molar-refractivity contribution in [1.82, 2.24) is 9.97 Å². The summed E-state index contributed by atoms with van der Waals surface area (Å²) in [6.07, 6.45) is 4.18. The number of nitrogens with zero attached hydrogens (tertiary/aromatic N) is 4. The lowest BCUT2D eigenvalue weighted by molar-refractivity contribution is 0.400. The van der Waals surface area contributed by atoms with E-state index in [0.29, 0.717) is 16.3 Å². The number of hydrogen-bond donors (Lipinski definition) is 1. The Kier molecular flexibility index (Phi) is 6.47. The summed E-state index contributed by atoms with van der Waals surface area (Å²) in [7, 11) is 2.04. The number of ether oxygens (including phenoxy) is 1. The molecule has 0 atom stereocenters. The largest absolute Gasteiger partial charge is 0.493 e. The standard InChI is InChI=1S/C24H26N4O2/c1-6-17-8-10-18(11-9-17)28(5)22-13-12-19(14-16(22)3)30-24-26-21(15-25-4)20(7-2)23(29)27-24/h7-15H,4,6H2,1-3,5H3,(H,26,27,29)/b20-7+,21-15+. The molecular weight excluding hydrogens is 376 g/mol. The number of anilines is 2. The summed E-state index contributed by atoms with van der Waals surface area (Å²) in [5, 5.41) is 11.1. The van der Waals surface area contributed by atoms with Crippen LogP contribution in [-0.2, 0) is 6.42 Å². The SMILES string of the molecule is C=N/C=c1/nc(Oc2ccc(N(C)c3ccc(CC)cc3)c(C)c2)nc(O)/c1=C/C. The Morgan fingerprint density at radius 1 is 1.17 bits per heavy atom. The van der Waals surface area contributed by atoms with Gasteiger partial charge in [0.1, 0.15) is 5.75 Å². The summed E-state index contributed by atoms with van der Waals surface area (Å²) in [6.45, 7) is 9.39. The fraction of sp³-hybridized carbons (Fsp3) is 0.208. The van der Waals surface area contributed by atoms with E-state index in [2.05, 4.69) is 57.8 Å². The molecule has 2 aromatic carbocycles. The number of aliphatic imine (C=N–C) groups is 1. The zero-order valence-corrected chi connectivity index (χ0v) is 17.8. The molecule has 0 aliphatic rings. The molecule has 0 saturated carbocycles.